The predicted molar refractivity (Wildman–Crippen MR) is 62.9 cm³/mol. The van der Waals surface area contributed by atoms with E-state index in [1.165, 1.54) is 5.56 Å². The molecule has 1 aliphatic rings. The van der Waals surface area contributed by atoms with Gasteiger partial charge >= 0.3 is 0 Å². The van der Waals surface area contributed by atoms with Gasteiger partial charge in [0.25, 0.3) is 0 Å². The molecule has 0 radical (unpaired) electrons. The van der Waals surface area contributed by atoms with Crippen molar-refractivity contribution in [2.75, 3.05) is 26.8 Å². The fraction of sp³-hybridized carbons (Fsp3) is 0.583. The van der Waals surface area contributed by atoms with Crippen molar-refractivity contribution in [3.05, 3.63) is 30.1 Å². The lowest BCUT2D eigenvalue weighted by Gasteiger charge is -2.28. The Morgan fingerprint density at radius 2 is 2.25 bits per heavy atom. The highest BCUT2D eigenvalue weighted by Gasteiger charge is 2.31. The molecule has 16 heavy (non-hydrogen) atoms. The SMILES string of the molecule is CN(Cc1ccncc1)CC1(N)CCOC1. The number of aromatic nitrogens is 1. The number of hydrogen-bond acceptors (Lipinski definition) is 4. The third-order valence-electron chi connectivity index (χ3n) is 2.92. The third-order valence-corrected chi connectivity index (χ3v) is 2.92. The zero-order chi connectivity index (χ0) is 11.4. The van der Waals surface area contributed by atoms with E-state index in [1.807, 2.05) is 24.5 Å². The molecule has 4 nitrogen and oxygen atoms in total. The fourth-order valence-electron chi connectivity index (χ4n) is 2.14. The molecule has 1 aromatic rings. The van der Waals surface area contributed by atoms with Gasteiger partial charge in [-0.05, 0) is 31.2 Å². The Morgan fingerprint density at radius 1 is 1.50 bits per heavy atom. The minimum Gasteiger partial charge on any atom is -0.379 e. The summed E-state index contributed by atoms with van der Waals surface area (Å²) < 4.78 is 5.35. The molecule has 1 saturated heterocycles. The van der Waals surface area contributed by atoms with Gasteiger partial charge in [0.05, 0.1) is 12.1 Å². The highest BCUT2D eigenvalue weighted by atomic mass is 16.5. The molecule has 1 fully saturated rings. The number of rotatable bonds is 4. The number of ether oxygens (including phenoxy) is 1. The maximum atomic E-state index is 6.23. The summed E-state index contributed by atoms with van der Waals surface area (Å²) in [5, 5.41) is 0. The van der Waals surface area contributed by atoms with Gasteiger partial charge in [-0.3, -0.25) is 4.98 Å². The van der Waals surface area contributed by atoms with E-state index in [9.17, 15) is 0 Å². The summed E-state index contributed by atoms with van der Waals surface area (Å²) in [7, 11) is 2.09. The maximum Gasteiger partial charge on any atom is 0.0659 e. The first kappa shape index (κ1) is 11.5. The van der Waals surface area contributed by atoms with Crippen molar-refractivity contribution in [3.63, 3.8) is 0 Å². The molecular weight excluding hydrogens is 202 g/mol. The van der Waals surface area contributed by atoms with Crippen LogP contribution in [-0.4, -0.2) is 42.2 Å². The summed E-state index contributed by atoms with van der Waals surface area (Å²) in [6, 6.07) is 4.07. The van der Waals surface area contributed by atoms with Crippen LogP contribution in [0.15, 0.2) is 24.5 Å². The molecule has 2 rings (SSSR count). The molecule has 0 bridgehead atoms. The number of nitrogens with zero attached hydrogens (tertiary/aromatic N) is 2. The van der Waals surface area contributed by atoms with Crippen LogP contribution in [0.5, 0.6) is 0 Å². The summed E-state index contributed by atoms with van der Waals surface area (Å²) in [6.45, 7) is 3.24. The second kappa shape index (κ2) is 4.91. The van der Waals surface area contributed by atoms with Crippen LogP contribution >= 0.6 is 0 Å². The Kier molecular flexibility index (Phi) is 3.53. The van der Waals surface area contributed by atoms with Crippen molar-refractivity contribution in [2.45, 2.75) is 18.5 Å². The first-order valence-electron chi connectivity index (χ1n) is 5.62. The quantitative estimate of drug-likeness (QED) is 0.810. The number of pyridine rings is 1. The molecule has 0 amide bonds. The molecule has 1 atom stereocenters. The first-order valence-corrected chi connectivity index (χ1v) is 5.62. The second-order valence-electron chi connectivity index (χ2n) is 4.69. The van der Waals surface area contributed by atoms with Crippen LogP contribution in [0.3, 0.4) is 0 Å². The molecule has 0 spiro atoms. The Balaban J connectivity index is 1.86. The molecule has 1 aliphatic heterocycles. The van der Waals surface area contributed by atoms with Crippen molar-refractivity contribution in [1.29, 1.82) is 0 Å². The van der Waals surface area contributed by atoms with E-state index >= 15 is 0 Å². The highest BCUT2D eigenvalue weighted by molar-refractivity contribution is 5.09. The molecule has 0 saturated carbocycles. The van der Waals surface area contributed by atoms with Gasteiger partial charge in [-0.1, -0.05) is 0 Å². The Hall–Kier alpha value is -0.970. The van der Waals surface area contributed by atoms with Crippen LogP contribution in [0.2, 0.25) is 0 Å². The summed E-state index contributed by atoms with van der Waals surface area (Å²) in [6.07, 6.45) is 4.59. The minimum absolute atomic E-state index is 0.165. The Bertz CT molecular complexity index is 322. The zero-order valence-corrected chi connectivity index (χ0v) is 9.72. The van der Waals surface area contributed by atoms with Crippen molar-refractivity contribution < 1.29 is 4.74 Å². The van der Waals surface area contributed by atoms with Crippen LogP contribution in [0.25, 0.3) is 0 Å². The van der Waals surface area contributed by atoms with Crippen molar-refractivity contribution in [1.82, 2.24) is 9.88 Å². The van der Waals surface area contributed by atoms with E-state index in [0.717, 1.165) is 26.1 Å². The van der Waals surface area contributed by atoms with Crippen molar-refractivity contribution in [3.8, 4) is 0 Å². The minimum atomic E-state index is -0.165. The third kappa shape index (κ3) is 3.01. The summed E-state index contributed by atoms with van der Waals surface area (Å²) in [5.74, 6) is 0. The van der Waals surface area contributed by atoms with Gasteiger partial charge in [0.1, 0.15) is 0 Å². The summed E-state index contributed by atoms with van der Waals surface area (Å²) >= 11 is 0. The molecule has 0 aromatic carbocycles. The monoisotopic (exact) mass is 221 g/mol. The Labute approximate surface area is 96.4 Å². The molecule has 2 N–H and O–H groups in total. The van der Waals surface area contributed by atoms with Crippen LogP contribution in [0, 0.1) is 0 Å². The summed E-state index contributed by atoms with van der Waals surface area (Å²) in [4.78, 5) is 6.25. The smallest absolute Gasteiger partial charge is 0.0659 e. The molecule has 88 valence electrons. The standard InChI is InChI=1S/C12H19N3O/c1-15(8-11-2-5-14-6-3-11)9-12(13)4-7-16-10-12/h2-3,5-6H,4,7-10,13H2,1H3. The molecule has 4 heteroatoms. The van der Waals surface area contributed by atoms with Crippen molar-refractivity contribution >= 4 is 0 Å². The van der Waals surface area contributed by atoms with Gasteiger partial charge in [0.2, 0.25) is 0 Å². The van der Waals surface area contributed by atoms with E-state index in [0.29, 0.717) is 6.61 Å². The number of hydrogen-bond donors (Lipinski definition) is 1. The van der Waals surface area contributed by atoms with Crippen molar-refractivity contribution in [2.24, 2.45) is 5.73 Å². The summed E-state index contributed by atoms with van der Waals surface area (Å²) in [5.41, 5.74) is 7.33. The van der Waals surface area contributed by atoms with Gasteiger partial charge in [-0.2, -0.15) is 0 Å². The lowest BCUT2D eigenvalue weighted by atomic mass is 10.00. The second-order valence-corrected chi connectivity index (χ2v) is 4.69. The largest absolute Gasteiger partial charge is 0.379 e. The van der Waals surface area contributed by atoms with E-state index in [4.69, 9.17) is 10.5 Å². The van der Waals surface area contributed by atoms with Crippen LogP contribution in [0.1, 0.15) is 12.0 Å². The molecule has 1 unspecified atom stereocenters. The van der Waals surface area contributed by atoms with Crippen LogP contribution < -0.4 is 5.73 Å². The van der Waals surface area contributed by atoms with Gasteiger partial charge in [0, 0.05) is 32.1 Å². The van der Waals surface area contributed by atoms with E-state index in [1.54, 1.807) is 0 Å². The normalized spacial score (nSPS) is 25.2. The van der Waals surface area contributed by atoms with E-state index in [2.05, 4.69) is 16.9 Å². The van der Waals surface area contributed by atoms with Gasteiger partial charge < -0.3 is 15.4 Å². The zero-order valence-electron chi connectivity index (χ0n) is 9.72. The van der Waals surface area contributed by atoms with E-state index in [-0.39, 0.29) is 5.54 Å². The number of likely N-dealkylation sites (N-methyl/N-ethyl adjacent to an activating group) is 1. The molecule has 0 aliphatic carbocycles. The van der Waals surface area contributed by atoms with E-state index < -0.39 is 0 Å². The maximum absolute atomic E-state index is 6.23. The average Bonchev–Trinajstić information content (AvgIpc) is 2.66. The predicted octanol–water partition coefficient (Wildman–Crippen LogP) is 0.631. The van der Waals surface area contributed by atoms with Crippen LogP contribution in [0.4, 0.5) is 0 Å². The fourth-order valence-corrected chi connectivity index (χ4v) is 2.14. The Morgan fingerprint density at radius 3 is 2.88 bits per heavy atom. The topological polar surface area (TPSA) is 51.4 Å². The highest BCUT2D eigenvalue weighted by Crippen LogP contribution is 2.17. The van der Waals surface area contributed by atoms with Gasteiger partial charge in [-0.15, -0.1) is 0 Å². The van der Waals surface area contributed by atoms with Gasteiger partial charge in [-0.25, -0.2) is 0 Å². The molecular formula is C12H19N3O. The average molecular weight is 221 g/mol. The molecule has 1 aromatic heterocycles. The lowest BCUT2D eigenvalue weighted by Crippen LogP contribution is -2.49. The lowest BCUT2D eigenvalue weighted by molar-refractivity contribution is 0.159. The van der Waals surface area contributed by atoms with Gasteiger partial charge in [0.15, 0.2) is 0 Å². The van der Waals surface area contributed by atoms with Crippen LogP contribution in [-0.2, 0) is 11.3 Å². The molecule has 2 heterocycles. The number of nitrogens with two attached hydrogens (primary N) is 1. The first-order chi connectivity index (χ1) is 7.68.